The standard InChI is InChI=1S/C19H22N4O3/c1-12-10-23(17-9-14(20)3-8-18(17)26-12)11-19(25)22-16-6-4-15(5-7-16)21-13(2)24/h3-9,12H,10-11,20H2,1-2H3,(H,21,24)(H,22,25). The number of fused-ring (bicyclic) bond motifs is 1. The molecule has 1 aliphatic heterocycles. The van der Waals surface area contributed by atoms with Gasteiger partial charge in [-0.2, -0.15) is 0 Å². The van der Waals surface area contributed by atoms with Gasteiger partial charge in [0, 0.05) is 24.0 Å². The van der Waals surface area contributed by atoms with Crippen molar-refractivity contribution in [3.8, 4) is 5.75 Å². The molecule has 0 aliphatic carbocycles. The average Bonchev–Trinajstić information content (AvgIpc) is 2.57. The number of carbonyl (C=O) groups excluding carboxylic acids is 2. The van der Waals surface area contributed by atoms with Crippen molar-refractivity contribution in [3.63, 3.8) is 0 Å². The SMILES string of the molecule is CC(=O)Nc1ccc(NC(=O)CN2CC(C)Oc3ccc(N)cc32)cc1. The molecule has 0 fully saturated rings. The summed E-state index contributed by atoms with van der Waals surface area (Å²) in [6.07, 6.45) is -0.0177. The third-order valence-corrected chi connectivity index (χ3v) is 3.95. The first-order chi connectivity index (χ1) is 12.4. The summed E-state index contributed by atoms with van der Waals surface area (Å²) in [5, 5.41) is 5.55. The first kappa shape index (κ1) is 17.6. The highest BCUT2D eigenvalue weighted by Gasteiger charge is 2.24. The van der Waals surface area contributed by atoms with Crippen molar-refractivity contribution in [3.05, 3.63) is 42.5 Å². The van der Waals surface area contributed by atoms with Gasteiger partial charge in [0.1, 0.15) is 11.9 Å². The molecule has 136 valence electrons. The van der Waals surface area contributed by atoms with Crippen LogP contribution in [-0.4, -0.2) is 31.0 Å². The molecule has 1 unspecified atom stereocenters. The third kappa shape index (κ3) is 4.24. The molecule has 0 bridgehead atoms. The molecule has 0 radical (unpaired) electrons. The summed E-state index contributed by atoms with van der Waals surface area (Å²) in [6, 6.07) is 12.4. The molecule has 2 aromatic rings. The lowest BCUT2D eigenvalue weighted by atomic mass is 10.2. The quantitative estimate of drug-likeness (QED) is 0.733. The van der Waals surface area contributed by atoms with Crippen molar-refractivity contribution < 1.29 is 14.3 Å². The molecule has 4 N–H and O–H groups in total. The number of hydrogen-bond donors (Lipinski definition) is 3. The van der Waals surface area contributed by atoms with Crippen molar-refractivity contribution in [2.75, 3.05) is 34.4 Å². The Balaban J connectivity index is 1.67. The predicted octanol–water partition coefficient (Wildman–Crippen LogP) is 2.45. The lowest BCUT2D eigenvalue weighted by Gasteiger charge is -2.34. The molecule has 1 atom stereocenters. The summed E-state index contributed by atoms with van der Waals surface area (Å²) < 4.78 is 5.80. The molecule has 0 spiro atoms. The first-order valence-electron chi connectivity index (χ1n) is 8.39. The van der Waals surface area contributed by atoms with Gasteiger partial charge in [-0.15, -0.1) is 0 Å². The second-order valence-corrected chi connectivity index (χ2v) is 6.34. The number of amides is 2. The molecule has 7 nitrogen and oxygen atoms in total. The van der Waals surface area contributed by atoms with E-state index >= 15 is 0 Å². The van der Waals surface area contributed by atoms with Crippen LogP contribution in [0.4, 0.5) is 22.7 Å². The minimum Gasteiger partial charge on any atom is -0.487 e. The van der Waals surface area contributed by atoms with Gasteiger partial charge in [-0.3, -0.25) is 9.59 Å². The van der Waals surface area contributed by atoms with Crippen molar-refractivity contribution in [2.45, 2.75) is 20.0 Å². The summed E-state index contributed by atoms with van der Waals surface area (Å²) in [4.78, 5) is 25.5. The Bertz CT molecular complexity index is 820. The minimum absolute atomic E-state index is 0.0177. The van der Waals surface area contributed by atoms with Gasteiger partial charge < -0.3 is 26.0 Å². The summed E-state index contributed by atoms with van der Waals surface area (Å²) in [5.41, 5.74) is 8.66. The molecule has 0 aromatic heterocycles. The van der Waals surface area contributed by atoms with Crippen LogP contribution in [0.2, 0.25) is 0 Å². The molecule has 0 saturated carbocycles. The maximum absolute atomic E-state index is 12.5. The summed E-state index contributed by atoms with van der Waals surface area (Å²) in [7, 11) is 0. The van der Waals surface area contributed by atoms with Crippen LogP contribution in [0.1, 0.15) is 13.8 Å². The Morgan fingerprint density at radius 1 is 1.15 bits per heavy atom. The molecule has 3 rings (SSSR count). The van der Waals surface area contributed by atoms with Crippen LogP contribution in [0.3, 0.4) is 0 Å². The molecule has 7 heteroatoms. The number of ether oxygens (including phenoxy) is 1. The van der Waals surface area contributed by atoms with Gasteiger partial charge in [0.2, 0.25) is 11.8 Å². The third-order valence-electron chi connectivity index (χ3n) is 3.95. The number of nitrogens with zero attached hydrogens (tertiary/aromatic N) is 1. The molecular weight excluding hydrogens is 332 g/mol. The van der Waals surface area contributed by atoms with Crippen molar-refractivity contribution in [2.24, 2.45) is 0 Å². The topological polar surface area (TPSA) is 96.7 Å². The fourth-order valence-electron chi connectivity index (χ4n) is 2.91. The van der Waals surface area contributed by atoms with Gasteiger partial charge in [0.15, 0.2) is 0 Å². The van der Waals surface area contributed by atoms with E-state index in [1.807, 2.05) is 24.0 Å². The lowest BCUT2D eigenvalue weighted by Crippen LogP contribution is -2.42. The summed E-state index contributed by atoms with van der Waals surface area (Å²) in [6.45, 7) is 4.21. The fourth-order valence-corrected chi connectivity index (χ4v) is 2.91. The number of hydrogen-bond acceptors (Lipinski definition) is 5. The maximum Gasteiger partial charge on any atom is 0.243 e. The second kappa shape index (κ2) is 7.35. The Morgan fingerprint density at radius 2 is 1.81 bits per heavy atom. The van der Waals surface area contributed by atoms with E-state index in [1.165, 1.54) is 6.92 Å². The van der Waals surface area contributed by atoms with Crippen LogP contribution in [0.5, 0.6) is 5.75 Å². The number of rotatable bonds is 4. The monoisotopic (exact) mass is 354 g/mol. The number of nitrogens with two attached hydrogens (primary N) is 1. The zero-order valence-corrected chi connectivity index (χ0v) is 14.8. The zero-order chi connectivity index (χ0) is 18.7. The molecule has 0 saturated heterocycles. The van der Waals surface area contributed by atoms with E-state index in [0.717, 1.165) is 11.4 Å². The van der Waals surface area contributed by atoms with Crippen LogP contribution < -0.4 is 26.0 Å². The van der Waals surface area contributed by atoms with E-state index < -0.39 is 0 Å². The van der Waals surface area contributed by atoms with Gasteiger partial charge >= 0.3 is 0 Å². The molecule has 2 aromatic carbocycles. The normalized spacial score (nSPS) is 15.6. The van der Waals surface area contributed by atoms with Crippen LogP contribution in [0, 0.1) is 0 Å². The number of nitrogens with one attached hydrogen (secondary N) is 2. The maximum atomic E-state index is 12.5. The van der Waals surface area contributed by atoms with Crippen LogP contribution >= 0.6 is 0 Å². The molecule has 2 amide bonds. The van der Waals surface area contributed by atoms with E-state index in [-0.39, 0.29) is 24.5 Å². The molecule has 26 heavy (non-hydrogen) atoms. The number of anilines is 4. The van der Waals surface area contributed by atoms with Gasteiger partial charge in [-0.05, 0) is 49.4 Å². The van der Waals surface area contributed by atoms with E-state index in [9.17, 15) is 9.59 Å². The lowest BCUT2D eigenvalue weighted by molar-refractivity contribution is -0.115. The first-order valence-corrected chi connectivity index (χ1v) is 8.39. The molecule has 1 heterocycles. The number of nitrogen functional groups attached to an aromatic ring is 1. The van der Waals surface area contributed by atoms with Crippen molar-refractivity contribution in [1.29, 1.82) is 0 Å². The van der Waals surface area contributed by atoms with E-state index in [1.54, 1.807) is 30.3 Å². The van der Waals surface area contributed by atoms with Gasteiger partial charge in [0.05, 0.1) is 18.8 Å². The van der Waals surface area contributed by atoms with Gasteiger partial charge in [-0.25, -0.2) is 0 Å². The summed E-state index contributed by atoms with van der Waals surface area (Å²) in [5.74, 6) is 0.450. The van der Waals surface area contributed by atoms with Crippen LogP contribution in [-0.2, 0) is 9.59 Å². The van der Waals surface area contributed by atoms with E-state index in [0.29, 0.717) is 23.6 Å². The summed E-state index contributed by atoms with van der Waals surface area (Å²) >= 11 is 0. The highest BCUT2D eigenvalue weighted by Crippen LogP contribution is 2.34. The van der Waals surface area contributed by atoms with Gasteiger partial charge in [-0.1, -0.05) is 0 Å². The number of benzene rings is 2. The Hall–Kier alpha value is -3.22. The fraction of sp³-hybridized carbons (Fsp3) is 0.263. The highest BCUT2D eigenvalue weighted by atomic mass is 16.5. The van der Waals surface area contributed by atoms with Crippen LogP contribution in [0.15, 0.2) is 42.5 Å². The molecular formula is C19H22N4O3. The highest BCUT2D eigenvalue weighted by molar-refractivity contribution is 5.95. The largest absolute Gasteiger partial charge is 0.487 e. The van der Waals surface area contributed by atoms with Gasteiger partial charge in [0.25, 0.3) is 0 Å². The zero-order valence-electron chi connectivity index (χ0n) is 14.8. The average molecular weight is 354 g/mol. The van der Waals surface area contributed by atoms with E-state index in [2.05, 4.69) is 10.6 Å². The minimum atomic E-state index is -0.139. The Labute approximate surface area is 152 Å². The Morgan fingerprint density at radius 3 is 2.46 bits per heavy atom. The smallest absolute Gasteiger partial charge is 0.243 e. The van der Waals surface area contributed by atoms with Crippen molar-refractivity contribution in [1.82, 2.24) is 0 Å². The molecule has 1 aliphatic rings. The van der Waals surface area contributed by atoms with Crippen LogP contribution in [0.25, 0.3) is 0 Å². The number of carbonyl (C=O) groups is 2. The second-order valence-electron chi connectivity index (χ2n) is 6.34. The van der Waals surface area contributed by atoms with Crippen molar-refractivity contribution >= 4 is 34.6 Å². The Kier molecular flexibility index (Phi) is 4.97. The van der Waals surface area contributed by atoms with E-state index in [4.69, 9.17) is 10.5 Å². The predicted molar refractivity (Wildman–Crippen MR) is 103 cm³/mol.